The molecule has 0 heterocycles. The SMILES string of the molecule is O=C(COc1ccc(Cl)cc1)N/N=C\c1ccc(OCC(=O)Nc2ccc(F)cc2)cc1. The number of ether oxygens (including phenoxy) is 2. The average Bonchev–Trinajstić information content (AvgIpc) is 2.80. The van der Waals surface area contributed by atoms with Gasteiger partial charge < -0.3 is 14.8 Å². The third kappa shape index (κ3) is 7.73. The van der Waals surface area contributed by atoms with Gasteiger partial charge in [-0.1, -0.05) is 11.6 Å². The summed E-state index contributed by atoms with van der Waals surface area (Å²) in [4.78, 5) is 23.7. The van der Waals surface area contributed by atoms with Crippen LogP contribution >= 0.6 is 11.6 Å². The van der Waals surface area contributed by atoms with E-state index in [4.69, 9.17) is 21.1 Å². The van der Waals surface area contributed by atoms with Crippen LogP contribution in [-0.2, 0) is 9.59 Å². The molecule has 0 aliphatic rings. The van der Waals surface area contributed by atoms with Gasteiger partial charge in [0.25, 0.3) is 11.8 Å². The van der Waals surface area contributed by atoms with Crippen LogP contribution in [0.4, 0.5) is 10.1 Å². The van der Waals surface area contributed by atoms with E-state index in [1.807, 2.05) is 0 Å². The quantitative estimate of drug-likeness (QED) is 0.376. The van der Waals surface area contributed by atoms with Crippen molar-refractivity contribution in [2.75, 3.05) is 18.5 Å². The summed E-state index contributed by atoms with van der Waals surface area (Å²) >= 11 is 5.79. The van der Waals surface area contributed by atoms with E-state index in [1.165, 1.54) is 30.5 Å². The largest absolute Gasteiger partial charge is 0.484 e. The van der Waals surface area contributed by atoms with Crippen LogP contribution in [0.15, 0.2) is 77.9 Å². The number of amides is 2. The monoisotopic (exact) mass is 455 g/mol. The molecule has 3 aromatic rings. The molecule has 9 heteroatoms. The summed E-state index contributed by atoms with van der Waals surface area (Å²) in [5.74, 6) is -0.157. The molecule has 0 saturated carbocycles. The van der Waals surface area contributed by atoms with Gasteiger partial charge in [-0.05, 0) is 78.4 Å². The highest BCUT2D eigenvalue weighted by molar-refractivity contribution is 6.30. The highest BCUT2D eigenvalue weighted by Crippen LogP contribution is 2.15. The van der Waals surface area contributed by atoms with E-state index in [2.05, 4.69) is 15.8 Å². The molecule has 0 aromatic heterocycles. The van der Waals surface area contributed by atoms with Gasteiger partial charge in [0.15, 0.2) is 13.2 Å². The minimum absolute atomic E-state index is 0.189. The van der Waals surface area contributed by atoms with Crippen LogP contribution in [0.1, 0.15) is 5.56 Å². The standard InChI is InChI=1S/C23H19ClFN3O4/c24-17-3-11-21(12-4-17)32-15-23(30)28-26-13-16-1-9-20(10-2-16)31-14-22(29)27-19-7-5-18(25)6-8-19/h1-13H,14-15H2,(H,27,29)(H,28,30)/b26-13-. The van der Waals surface area contributed by atoms with Crippen LogP contribution in [0.25, 0.3) is 0 Å². The Morgan fingerprint density at radius 2 is 1.41 bits per heavy atom. The maximum Gasteiger partial charge on any atom is 0.277 e. The first-order valence-electron chi connectivity index (χ1n) is 9.46. The zero-order valence-corrected chi connectivity index (χ0v) is 17.5. The van der Waals surface area contributed by atoms with Crippen LogP contribution < -0.4 is 20.2 Å². The summed E-state index contributed by atoms with van der Waals surface area (Å²) in [7, 11) is 0. The van der Waals surface area contributed by atoms with Crippen LogP contribution in [-0.4, -0.2) is 31.2 Å². The molecule has 164 valence electrons. The molecular formula is C23H19ClFN3O4. The number of hydrogen-bond acceptors (Lipinski definition) is 5. The lowest BCUT2D eigenvalue weighted by Crippen LogP contribution is -2.24. The summed E-state index contributed by atoms with van der Waals surface area (Å²) in [5.41, 5.74) is 3.56. The molecule has 7 nitrogen and oxygen atoms in total. The molecule has 0 radical (unpaired) electrons. The third-order valence-electron chi connectivity index (χ3n) is 3.96. The van der Waals surface area contributed by atoms with E-state index in [1.54, 1.807) is 48.5 Å². The van der Waals surface area contributed by atoms with Crippen molar-refractivity contribution in [3.05, 3.63) is 89.2 Å². The Balaban J connectivity index is 1.38. The van der Waals surface area contributed by atoms with E-state index >= 15 is 0 Å². The van der Waals surface area contributed by atoms with E-state index in [-0.39, 0.29) is 24.9 Å². The van der Waals surface area contributed by atoms with Crippen LogP contribution in [0, 0.1) is 5.82 Å². The van der Waals surface area contributed by atoms with E-state index in [9.17, 15) is 14.0 Å². The fraction of sp³-hybridized carbons (Fsp3) is 0.0870. The highest BCUT2D eigenvalue weighted by atomic mass is 35.5. The molecule has 0 saturated heterocycles. The molecule has 3 aromatic carbocycles. The van der Waals surface area contributed by atoms with Gasteiger partial charge in [0.1, 0.15) is 17.3 Å². The number of hydrogen-bond donors (Lipinski definition) is 2. The molecule has 2 N–H and O–H groups in total. The van der Waals surface area contributed by atoms with E-state index in [0.717, 1.165) is 0 Å². The normalized spacial score (nSPS) is 10.6. The molecule has 2 amide bonds. The third-order valence-corrected chi connectivity index (χ3v) is 4.22. The van der Waals surface area contributed by atoms with Gasteiger partial charge in [-0.15, -0.1) is 0 Å². The zero-order chi connectivity index (χ0) is 22.8. The smallest absolute Gasteiger partial charge is 0.277 e. The van der Waals surface area contributed by atoms with Gasteiger partial charge in [0, 0.05) is 10.7 Å². The highest BCUT2D eigenvalue weighted by Gasteiger charge is 2.04. The maximum atomic E-state index is 12.9. The van der Waals surface area contributed by atoms with Crippen molar-refractivity contribution in [3.8, 4) is 11.5 Å². The molecule has 0 aliphatic carbocycles. The summed E-state index contributed by atoms with van der Waals surface area (Å²) in [5, 5.41) is 7.05. The second-order valence-corrected chi connectivity index (χ2v) is 6.88. The lowest BCUT2D eigenvalue weighted by atomic mass is 10.2. The van der Waals surface area contributed by atoms with Crippen molar-refractivity contribution in [2.45, 2.75) is 0 Å². The van der Waals surface area contributed by atoms with Gasteiger partial charge in [-0.2, -0.15) is 5.10 Å². The Morgan fingerprint density at radius 1 is 0.844 bits per heavy atom. The van der Waals surface area contributed by atoms with Crippen molar-refractivity contribution in [2.24, 2.45) is 5.10 Å². The van der Waals surface area contributed by atoms with Gasteiger partial charge in [0.2, 0.25) is 0 Å². The van der Waals surface area contributed by atoms with Crippen LogP contribution in [0.2, 0.25) is 5.02 Å². The number of nitrogens with one attached hydrogen (secondary N) is 2. The van der Waals surface area contributed by atoms with Gasteiger partial charge in [-0.3, -0.25) is 9.59 Å². The Kier molecular flexibility index (Phi) is 8.16. The number of hydrazone groups is 1. The molecule has 32 heavy (non-hydrogen) atoms. The molecule has 0 unspecified atom stereocenters. The lowest BCUT2D eigenvalue weighted by molar-refractivity contribution is -0.123. The first-order valence-corrected chi connectivity index (χ1v) is 9.84. The Bertz CT molecular complexity index is 1070. The molecule has 0 fully saturated rings. The van der Waals surface area contributed by atoms with Crippen molar-refractivity contribution in [1.29, 1.82) is 0 Å². The number of carbonyl (C=O) groups excluding carboxylic acids is 2. The number of rotatable bonds is 9. The fourth-order valence-corrected chi connectivity index (χ4v) is 2.55. The summed E-state index contributed by atoms with van der Waals surface area (Å²) < 4.78 is 23.6. The minimum atomic E-state index is -0.414. The molecule has 0 aliphatic heterocycles. The van der Waals surface area contributed by atoms with E-state index < -0.39 is 5.91 Å². The maximum absolute atomic E-state index is 12.9. The number of nitrogens with zero attached hydrogens (tertiary/aromatic N) is 1. The number of benzene rings is 3. The first kappa shape index (κ1) is 22.8. The Morgan fingerprint density at radius 3 is 2.03 bits per heavy atom. The molecule has 0 atom stereocenters. The fourth-order valence-electron chi connectivity index (χ4n) is 2.42. The summed E-state index contributed by atoms with van der Waals surface area (Å²) in [6, 6.07) is 18.8. The van der Waals surface area contributed by atoms with Crippen LogP contribution in [0.3, 0.4) is 0 Å². The topological polar surface area (TPSA) is 89.0 Å². The van der Waals surface area contributed by atoms with Crippen molar-refractivity contribution in [1.82, 2.24) is 5.43 Å². The van der Waals surface area contributed by atoms with Gasteiger partial charge in [-0.25, -0.2) is 9.82 Å². The number of carbonyl (C=O) groups is 2. The van der Waals surface area contributed by atoms with Crippen molar-refractivity contribution >= 4 is 35.3 Å². The number of halogens is 2. The molecule has 0 spiro atoms. The predicted molar refractivity (Wildman–Crippen MR) is 120 cm³/mol. The van der Waals surface area contributed by atoms with Gasteiger partial charge in [0.05, 0.1) is 6.21 Å². The summed E-state index contributed by atoms with van der Waals surface area (Å²) in [6.07, 6.45) is 1.46. The lowest BCUT2D eigenvalue weighted by Gasteiger charge is -2.07. The Labute approximate surface area is 188 Å². The van der Waals surface area contributed by atoms with Crippen LogP contribution in [0.5, 0.6) is 11.5 Å². The van der Waals surface area contributed by atoms with Gasteiger partial charge >= 0.3 is 0 Å². The second-order valence-electron chi connectivity index (χ2n) is 6.45. The number of anilines is 1. The second kappa shape index (κ2) is 11.5. The van der Waals surface area contributed by atoms with E-state index in [0.29, 0.717) is 27.8 Å². The summed E-state index contributed by atoms with van der Waals surface area (Å²) in [6.45, 7) is -0.389. The first-order chi connectivity index (χ1) is 15.5. The van der Waals surface area contributed by atoms with Crippen molar-refractivity contribution in [3.63, 3.8) is 0 Å². The predicted octanol–water partition coefficient (Wildman–Crippen LogP) is 4.03. The molecule has 3 rings (SSSR count). The molecule has 0 bridgehead atoms. The average molecular weight is 456 g/mol. The van der Waals surface area contributed by atoms with Crippen molar-refractivity contribution < 1.29 is 23.5 Å². The Hall–Kier alpha value is -3.91. The minimum Gasteiger partial charge on any atom is -0.484 e. The zero-order valence-electron chi connectivity index (χ0n) is 16.8. The molecular weight excluding hydrogens is 437 g/mol.